The second-order valence-electron chi connectivity index (χ2n) is 3.76. The molecule has 1 aromatic heterocycles. The maximum Gasteiger partial charge on any atom is 0.255 e. The van der Waals surface area contributed by atoms with Crippen molar-refractivity contribution >= 4 is 21.8 Å². The number of rotatable bonds is 3. The van der Waals surface area contributed by atoms with E-state index in [2.05, 4.69) is 21.2 Å². The van der Waals surface area contributed by atoms with Crippen LogP contribution in [0.3, 0.4) is 0 Å². The minimum absolute atomic E-state index is 0.0366. The Morgan fingerprint density at radius 1 is 1.29 bits per heavy atom. The van der Waals surface area contributed by atoms with Gasteiger partial charge in [-0.3, -0.25) is 4.79 Å². The lowest BCUT2D eigenvalue weighted by molar-refractivity contribution is 0.0939. The number of carbonyl (C=O) groups is 1. The van der Waals surface area contributed by atoms with E-state index in [0.717, 1.165) is 10.0 Å². The zero-order valence-electron chi connectivity index (χ0n) is 9.31. The molecule has 1 atom stereocenters. The number of nitrogens with one attached hydrogen (secondary N) is 1. The van der Waals surface area contributed by atoms with Crippen LogP contribution < -0.4 is 5.32 Å². The minimum atomic E-state index is -0.130. The van der Waals surface area contributed by atoms with Crippen LogP contribution in [0.1, 0.15) is 28.9 Å². The lowest BCUT2D eigenvalue weighted by Gasteiger charge is -2.13. The highest BCUT2D eigenvalue weighted by molar-refractivity contribution is 9.10. The summed E-state index contributed by atoms with van der Waals surface area (Å²) >= 11 is 3.38. The molecule has 0 spiro atoms. The van der Waals surface area contributed by atoms with Crippen LogP contribution in [0.5, 0.6) is 0 Å². The summed E-state index contributed by atoms with van der Waals surface area (Å²) in [4.78, 5) is 11.8. The minimum Gasteiger partial charge on any atom is -0.472 e. The molecule has 0 fully saturated rings. The lowest BCUT2D eigenvalue weighted by Crippen LogP contribution is -2.26. The van der Waals surface area contributed by atoms with Crippen molar-refractivity contribution in [2.24, 2.45) is 0 Å². The Labute approximate surface area is 108 Å². The van der Waals surface area contributed by atoms with Gasteiger partial charge in [-0.25, -0.2) is 0 Å². The Balaban J connectivity index is 2.04. The first-order chi connectivity index (χ1) is 8.16. The summed E-state index contributed by atoms with van der Waals surface area (Å²) in [5.41, 5.74) is 1.60. The maximum atomic E-state index is 11.8. The van der Waals surface area contributed by atoms with Gasteiger partial charge in [-0.1, -0.05) is 28.1 Å². The fourth-order valence-electron chi connectivity index (χ4n) is 1.51. The molecule has 0 saturated carbocycles. The van der Waals surface area contributed by atoms with Gasteiger partial charge in [0.25, 0.3) is 5.91 Å². The molecule has 0 aliphatic heterocycles. The summed E-state index contributed by atoms with van der Waals surface area (Å²) in [5.74, 6) is -0.130. The molecule has 4 heteroatoms. The third-order valence-corrected chi connectivity index (χ3v) is 3.03. The van der Waals surface area contributed by atoms with Gasteiger partial charge in [0.2, 0.25) is 0 Å². The van der Waals surface area contributed by atoms with E-state index in [9.17, 15) is 4.79 Å². The van der Waals surface area contributed by atoms with Crippen molar-refractivity contribution in [3.63, 3.8) is 0 Å². The first-order valence-electron chi connectivity index (χ1n) is 5.25. The van der Waals surface area contributed by atoms with Crippen LogP contribution >= 0.6 is 15.9 Å². The van der Waals surface area contributed by atoms with Gasteiger partial charge in [0.1, 0.15) is 6.26 Å². The summed E-state index contributed by atoms with van der Waals surface area (Å²) < 4.78 is 5.89. The van der Waals surface area contributed by atoms with E-state index in [4.69, 9.17) is 4.42 Å². The standard InChI is InChI=1S/C13H12BrNO2/c1-9(10-2-4-12(14)5-3-10)15-13(16)11-6-7-17-8-11/h2-9H,1H3,(H,15,16)/t9-/m1/s1. The van der Waals surface area contributed by atoms with Crippen LogP contribution in [0.15, 0.2) is 51.7 Å². The highest BCUT2D eigenvalue weighted by atomic mass is 79.9. The molecule has 1 heterocycles. The fourth-order valence-corrected chi connectivity index (χ4v) is 1.77. The van der Waals surface area contributed by atoms with E-state index >= 15 is 0 Å². The zero-order valence-corrected chi connectivity index (χ0v) is 10.9. The van der Waals surface area contributed by atoms with E-state index in [0.29, 0.717) is 5.56 Å². The molecule has 17 heavy (non-hydrogen) atoms. The van der Waals surface area contributed by atoms with Crippen molar-refractivity contribution in [2.45, 2.75) is 13.0 Å². The third kappa shape index (κ3) is 2.97. The summed E-state index contributed by atoms with van der Waals surface area (Å²) in [6.07, 6.45) is 2.92. The first-order valence-corrected chi connectivity index (χ1v) is 6.04. The summed E-state index contributed by atoms with van der Waals surface area (Å²) in [6.45, 7) is 1.95. The summed E-state index contributed by atoms with van der Waals surface area (Å²) in [6, 6.07) is 9.47. The van der Waals surface area contributed by atoms with Crippen molar-refractivity contribution in [1.29, 1.82) is 0 Å². The van der Waals surface area contributed by atoms with Crippen molar-refractivity contribution in [1.82, 2.24) is 5.32 Å². The van der Waals surface area contributed by atoms with Gasteiger partial charge >= 0.3 is 0 Å². The van der Waals surface area contributed by atoms with Gasteiger partial charge in [0.05, 0.1) is 17.9 Å². The molecule has 0 aliphatic carbocycles. The van der Waals surface area contributed by atoms with Crippen LogP contribution in [0.4, 0.5) is 0 Å². The average Bonchev–Trinajstić information content (AvgIpc) is 2.83. The van der Waals surface area contributed by atoms with Crippen LogP contribution in [-0.2, 0) is 0 Å². The summed E-state index contributed by atoms with van der Waals surface area (Å²) in [7, 11) is 0. The van der Waals surface area contributed by atoms with Crippen LogP contribution in [0.25, 0.3) is 0 Å². The van der Waals surface area contributed by atoms with E-state index < -0.39 is 0 Å². The molecular weight excluding hydrogens is 282 g/mol. The number of furan rings is 1. The Morgan fingerprint density at radius 3 is 2.59 bits per heavy atom. The van der Waals surface area contributed by atoms with Crippen LogP contribution in [-0.4, -0.2) is 5.91 Å². The number of carbonyl (C=O) groups excluding carboxylic acids is 1. The highest BCUT2D eigenvalue weighted by Crippen LogP contribution is 2.17. The monoisotopic (exact) mass is 293 g/mol. The second kappa shape index (κ2) is 5.19. The highest BCUT2D eigenvalue weighted by Gasteiger charge is 2.11. The maximum absolute atomic E-state index is 11.8. The van der Waals surface area contributed by atoms with Crippen molar-refractivity contribution < 1.29 is 9.21 Å². The van der Waals surface area contributed by atoms with Crippen molar-refractivity contribution in [3.05, 3.63) is 58.5 Å². The Kier molecular flexibility index (Phi) is 3.64. The molecule has 1 N–H and O–H groups in total. The quantitative estimate of drug-likeness (QED) is 0.941. The van der Waals surface area contributed by atoms with Crippen LogP contribution in [0.2, 0.25) is 0 Å². The van der Waals surface area contributed by atoms with Crippen molar-refractivity contribution in [2.75, 3.05) is 0 Å². The van der Waals surface area contributed by atoms with E-state index in [-0.39, 0.29) is 11.9 Å². The smallest absolute Gasteiger partial charge is 0.255 e. The van der Waals surface area contributed by atoms with Gasteiger partial charge < -0.3 is 9.73 Å². The number of halogens is 1. The lowest BCUT2D eigenvalue weighted by atomic mass is 10.1. The topological polar surface area (TPSA) is 42.2 Å². The fraction of sp³-hybridized carbons (Fsp3) is 0.154. The summed E-state index contributed by atoms with van der Waals surface area (Å²) in [5, 5.41) is 2.90. The molecule has 0 aliphatic rings. The number of benzene rings is 1. The molecule has 88 valence electrons. The normalized spacial score (nSPS) is 12.1. The number of hydrogen-bond donors (Lipinski definition) is 1. The largest absolute Gasteiger partial charge is 0.472 e. The van der Waals surface area contributed by atoms with Crippen LogP contribution in [0, 0.1) is 0 Å². The first kappa shape index (κ1) is 11.9. The van der Waals surface area contributed by atoms with Gasteiger partial charge in [0, 0.05) is 4.47 Å². The molecule has 2 rings (SSSR count). The third-order valence-electron chi connectivity index (χ3n) is 2.50. The van der Waals surface area contributed by atoms with E-state index in [1.807, 2.05) is 31.2 Å². The van der Waals surface area contributed by atoms with Gasteiger partial charge in [-0.05, 0) is 30.7 Å². The van der Waals surface area contributed by atoms with Gasteiger partial charge in [0.15, 0.2) is 0 Å². The predicted octanol–water partition coefficient (Wildman–Crippen LogP) is 3.53. The molecular formula is C13H12BrNO2. The Morgan fingerprint density at radius 2 is 2.00 bits per heavy atom. The van der Waals surface area contributed by atoms with E-state index in [1.165, 1.54) is 12.5 Å². The molecule has 0 bridgehead atoms. The SMILES string of the molecule is C[C@@H](NC(=O)c1ccoc1)c1ccc(Br)cc1. The molecule has 1 amide bonds. The number of hydrogen-bond acceptors (Lipinski definition) is 2. The molecule has 0 unspecified atom stereocenters. The predicted molar refractivity (Wildman–Crippen MR) is 68.7 cm³/mol. The zero-order chi connectivity index (χ0) is 12.3. The molecule has 3 nitrogen and oxygen atoms in total. The van der Waals surface area contributed by atoms with Gasteiger partial charge in [-0.2, -0.15) is 0 Å². The number of amides is 1. The molecule has 0 saturated heterocycles. The Hall–Kier alpha value is -1.55. The molecule has 0 radical (unpaired) electrons. The van der Waals surface area contributed by atoms with Gasteiger partial charge in [-0.15, -0.1) is 0 Å². The molecule has 1 aromatic carbocycles. The second-order valence-corrected chi connectivity index (χ2v) is 4.67. The average molecular weight is 294 g/mol. The Bertz CT molecular complexity index is 491. The molecule has 2 aromatic rings. The van der Waals surface area contributed by atoms with Crippen molar-refractivity contribution in [3.8, 4) is 0 Å². The van der Waals surface area contributed by atoms with E-state index in [1.54, 1.807) is 6.07 Å².